The van der Waals surface area contributed by atoms with E-state index in [9.17, 15) is 0 Å². The summed E-state index contributed by atoms with van der Waals surface area (Å²) in [4.78, 5) is 10.8. The summed E-state index contributed by atoms with van der Waals surface area (Å²) in [5.41, 5.74) is 6.75. The molecule has 2 aliphatic heterocycles. The van der Waals surface area contributed by atoms with Gasteiger partial charge >= 0.3 is 0 Å². The summed E-state index contributed by atoms with van der Waals surface area (Å²) in [6.45, 7) is 5.54. The summed E-state index contributed by atoms with van der Waals surface area (Å²) in [5.74, 6) is 0.894. The summed E-state index contributed by atoms with van der Waals surface area (Å²) in [6, 6.07) is 1.99. The second kappa shape index (κ2) is 7.15. The second-order valence-corrected chi connectivity index (χ2v) is 5.81. The first-order chi connectivity index (χ1) is 10.3. The van der Waals surface area contributed by atoms with Crippen LogP contribution >= 0.6 is 0 Å². The lowest BCUT2D eigenvalue weighted by Crippen LogP contribution is -2.37. The maximum absolute atomic E-state index is 5.69. The Hall–Kier alpha value is -1.24. The molecule has 1 unspecified atom stereocenters. The van der Waals surface area contributed by atoms with Crippen molar-refractivity contribution in [2.24, 2.45) is 0 Å². The fraction of sp³-hybridized carbons (Fsp3) is 0.733. The van der Waals surface area contributed by atoms with Crippen molar-refractivity contribution < 1.29 is 9.47 Å². The minimum atomic E-state index is 0.276. The van der Waals surface area contributed by atoms with Gasteiger partial charge < -0.3 is 20.1 Å². The van der Waals surface area contributed by atoms with Crippen molar-refractivity contribution in [3.8, 4) is 0 Å². The predicted octanol–water partition coefficient (Wildman–Crippen LogP) is 1.04. The average Bonchev–Trinajstić information content (AvgIpc) is 2.54. The number of nitrogen functional groups attached to an aromatic ring is 1. The van der Waals surface area contributed by atoms with Crippen LogP contribution in [0.5, 0.6) is 0 Å². The highest BCUT2D eigenvalue weighted by Crippen LogP contribution is 2.26. The van der Waals surface area contributed by atoms with Crippen LogP contribution in [0.3, 0.4) is 0 Å². The van der Waals surface area contributed by atoms with Crippen molar-refractivity contribution in [2.75, 3.05) is 45.2 Å². The molecule has 2 saturated heterocycles. The molecule has 0 aromatic carbocycles. The van der Waals surface area contributed by atoms with Crippen LogP contribution in [0.25, 0.3) is 0 Å². The largest absolute Gasteiger partial charge is 0.376 e. The first-order valence-electron chi connectivity index (χ1n) is 7.81. The lowest BCUT2D eigenvalue weighted by Gasteiger charge is -2.33. The van der Waals surface area contributed by atoms with Crippen molar-refractivity contribution in [3.05, 3.63) is 18.0 Å². The molecule has 0 aliphatic carbocycles. The van der Waals surface area contributed by atoms with Gasteiger partial charge in [0.25, 0.3) is 0 Å². The Kier molecular flexibility index (Phi) is 5.00. The van der Waals surface area contributed by atoms with Crippen LogP contribution in [0.1, 0.15) is 30.9 Å². The topological polar surface area (TPSA) is 73.5 Å². The van der Waals surface area contributed by atoms with Crippen LogP contribution in [0.2, 0.25) is 0 Å². The Morgan fingerprint density at radius 1 is 1.29 bits per heavy atom. The lowest BCUT2D eigenvalue weighted by atomic mass is 9.93. The Bertz CT molecular complexity index is 443. The van der Waals surface area contributed by atoms with Crippen molar-refractivity contribution in [1.82, 2.24) is 14.9 Å². The van der Waals surface area contributed by atoms with Crippen molar-refractivity contribution in [3.63, 3.8) is 0 Å². The number of anilines is 1. The summed E-state index contributed by atoms with van der Waals surface area (Å²) in [6.07, 6.45) is 5.37. The first kappa shape index (κ1) is 14.7. The second-order valence-electron chi connectivity index (χ2n) is 5.81. The van der Waals surface area contributed by atoms with Gasteiger partial charge in [0.2, 0.25) is 5.95 Å². The predicted molar refractivity (Wildman–Crippen MR) is 80.0 cm³/mol. The van der Waals surface area contributed by atoms with E-state index < -0.39 is 0 Å². The van der Waals surface area contributed by atoms with Crippen molar-refractivity contribution >= 4 is 5.95 Å². The highest BCUT2D eigenvalue weighted by atomic mass is 16.6. The molecule has 0 bridgehead atoms. The van der Waals surface area contributed by atoms with E-state index in [-0.39, 0.29) is 6.10 Å². The Morgan fingerprint density at radius 3 is 2.86 bits per heavy atom. The molecule has 1 aromatic heterocycles. The fourth-order valence-electron chi connectivity index (χ4n) is 3.10. The quantitative estimate of drug-likeness (QED) is 0.894. The third kappa shape index (κ3) is 4.12. The molecule has 0 radical (unpaired) electrons. The van der Waals surface area contributed by atoms with Crippen LogP contribution in [-0.4, -0.2) is 60.4 Å². The maximum atomic E-state index is 5.69. The van der Waals surface area contributed by atoms with E-state index in [0.717, 1.165) is 64.4 Å². The number of ether oxygens (including phenoxy) is 2. The molecule has 116 valence electrons. The molecule has 2 fully saturated rings. The molecule has 0 spiro atoms. The van der Waals surface area contributed by atoms with Gasteiger partial charge in [-0.3, -0.25) is 0 Å². The summed E-state index contributed by atoms with van der Waals surface area (Å²) < 4.78 is 11.1. The monoisotopic (exact) mass is 292 g/mol. The van der Waals surface area contributed by atoms with Gasteiger partial charge in [-0.2, -0.15) is 0 Å². The van der Waals surface area contributed by atoms with Crippen molar-refractivity contribution in [2.45, 2.75) is 31.3 Å². The molecule has 3 rings (SSSR count). The van der Waals surface area contributed by atoms with E-state index in [0.29, 0.717) is 11.9 Å². The van der Waals surface area contributed by atoms with E-state index in [1.165, 1.54) is 0 Å². The smallest absolute Gasteiger partial charge is 0.220 e. The van der Waals surface area contributed by atoms with Crippen LogP contribution in [0.4, 0.5) is 5.95 Å². The zero-order valence-electron chi connectivity index (χ0n) is 12.4. The zero-order valence-corrected chi connectivity index (χ0v) is 12.4. The number of hydrogen-bond acceptors (Lipinski definition) is 6. The van der Waals surface area contributed by atoms with Gasteiger partial charge in [0.05, 0.1) is 25.9 Å². The minimum Gasteiger partial charge on any atom is -0.376 e. The SMILES string of the molecule is Nc1nccc(C2CCN(CCC3COCCO3)CC2)n1. The van der Waals surface area contributed by atoms with E-state index in [2.05, 4.69) is 14.9 Å². The van der Waals surface area contributed by atoms with Gasteiger partial charge in [-0.05, 0) is 38.4 Å². The first-order valence-corrected chi connectivity index (χ1v) is 7.81. The van der Waals surface area contributed by atoms with Crippen LogP contribution in [0, 0.1) is 0 Å². The molecule has 6 nitrogen and oxygen atoms in total. The molecular formula is C15H24N4O2. The van der Waals surface area contributed by atoms with Gasteiger partial charge in [0, 0.05) is 24.4 Å². The highest BCUT2D eigenvalue weighted by molar-refractivity contribution is 5.20. The number of rotatable bonds is 4. The maximum Gasteiger partial charge on any atom is 0.220 e. The van der Waals surface area contributed by atoms with Gasteiger partial charge in [-0.1, -0.05) is 0 Å². The Labute approximate surface area is 125 Å². The Balaban J connectivity index is 1.42. The molecule has 21 heavy (non-hydrogen) atoms. The third-order valence-electron chi connectivity index (χ3n) is 4.35. The van der Waals surface area contributed by atoms with Gasteiger partial charge in [0.1, 0.15) is 0 Å². The van der Waals surface area contributed by atoms with Gasteiger partial charge in [-0.25, -0.2) is 9.97 Å². The fourth-order valence-corrected chi connectivity index (χ4v) is 3.10. The van der Waals surface area contributed by atoms with Crippen molar-refractivity contribution in [1.29, 1.82) is 0 Å². The van der Waals surface area contributed by atoms with Crippen LogP contribution in [-0.2, 0) is 9.47 Å². The third-order valence-corrected chi connectivity index (χ3v) is 4.35. The number of aromatic nitrogens is 2. The molecule has 2 N–H and O–H groups in total. The molecule has 3 heterocycles. The molecule has 6 heteroatoms. The minimum absolute atomic E-state index is 0.276. The highest BCUT2D eigenvalue weighted by Gasteiger charge is 2.23. The number of nitrogens with two attached hydrogens (primary N) is 1. The Morgan fingerprint density at radius 2 is 2.14 bits per heavy atom. The number of hydrogen-bond donors (Lipinski definition) is 1. The summed E-state index contributed by atoms with van der Waals surface area (Å²) in [7, 11) is 0. The lowest BCUT2D eigenvalue weighted by molar-refractivity contribution is -0.0930. The molecule has 0 saturated carbocycles. The molecule has 1 aromatic rings. The summed E-state index contributed by atoms with van der Waals surface area (Å²) in [5, 5.41) is 0. The number of piperidine rings is 1. The van der Waals surface area contributed by atoms with E-state index in [1.54, 1.807) is 6.20 Å². The number of likely N-dealkylation sites (tertiary alicyclic amines) is 1. The number of nitrogens with zero attached hydrogens (tertiary/aromatic N) is 3. The molecule has 0 amide bonds. The molecule has 1 atom stereocenters. The standard InChI is InChI=1S/C15H24N4O2/c16-15-17-5-1-14(18-15)12-2-6-19(7-3-12)8-4-13-11-20-9-10-21-13/h1,5,12-13H,2-4,6-11H2,(H2,16,17,18). The van der Waals surface area contributed by atoms with E-state index >= 15 is 0 Å². The van der Waals surface area contributed by atoms with Gasteiger partial charge in [-0.15, -0.1) is 0 Å². The van der Waals surface area contributed by atoms with E-state index in [1.807, 2.05) is 6.07 Å². The normalized spacial score (nSPS) is 25.0. The average molecular weight is 292 g/mol. The van der Waals surface area contributed by atoms with Gasteiger partial charge in [0.15, 0.2) is 0 Å². The molecule has 2 aliphatic rings. The van der Waals surface area contributed by atoms with Crippen LogP contribution in [0.15, 0.2) is 12.3 Å². The zero-order chi connectivity index (χ0) is 14.5. The molecular weight excluding hydrogens is 268 g/mol. The van der Waals surface area contributed by atoms with E-state index in [4.69, 9.17) is 15.2 Å². The summed E-state index contributed by atoms with van der Waals surface area (Å²) >= 11 is 0. The van der Waals surface area contributed by atoms with Crippen LogP contribution < -0.4 is 5.73 Å².